The third-order valence-electron chi connectivity index (χ3n) is 16.9. The zero-order valence-electron chi connectivity index (χ0n) is 39.3. The Morgan fingerprint density at radius 3 is 1.30 bits per heavy atom. The molecule has 7 aliphatic rings. The molecule has 6 heteroatoms. The molecule has 7 fully saturated rings. The van der Waals surface area contributed by atoms with Crippen LogP contribution in [0.15, 0.2) is 24.3 Å². The summed E-state index contributed by atoms with van der Waals surface area (Å²) in [6, 6.07) is 9.22. The quantitative estimate of drug-likeness (QED) is 0.116. The van der Waals surface area contributed by atoms with Crippen molar-refractivity contribution in [3.63, 3.8) is 0 Å². The Hall–Kier alpha value is -1.24. The van der Waals surface area contributed by atoms with Crippen LogP contribution in [-0.2, 0) is 23.8 Å². The molecule has 1 aromatic rings. The molecular formula is C54H90O6. The summed E-state index contributed by atoms with van der Waals surface area (Å²) in [6.45, 7) is 19.4. The standard InChI is InChI=1S/C26H40O.C25H44O4.C2H6.CO/c1-19-3-7-21(8-4-19)23-11-15-25(16-12-23)27-26-17-13-24(14-18-26)22-9-5-20(2)6-10-22;1-17-3-5-19(6-4-17)20-7-9-21(10-8-20)24(29-26)22-11-13-23(14-12-22)25-27-15-18(2)16-28-25;2*1-2/h3-4,7-8,20,22-26H,5-6,9-18H2,1-2H3;17-26H,3-16H2,1-2H3;1-2H3;. The van der Waals surface area contributed by atoms with Gasteiger partial charge in [0.2, 0.25) is 0 Å². The van der Waals surface area contributed by atoms with E-state index in [0.717, 1.165) is 80.3 Å². The van der Waals surface area contributed by atoms with E-state index in [1.165, 1.54) is 134 Å². The van der Waals surface area contributed by atoms with Crippen molar-refractivity contribution in [3.05, 3.63) is 42.0 Å². The van der Waals surface area contributed by atoms with E-state index in [9.17, 15) is 5.26 Å². The topological polar surface area (TPSA) is 77.1 Å². The third-order valence-corrected chi connectivity index (χ3v) is 16.9. The first kappa shape index (κ1) is 49.8. The number of ether oxygens (including phenoxy) is 3. The van der Waals surface area contributed by atoms with E-state index in [1.54, 1.807) is 5.56 Å². The van der Waals surface area contributed by atoms with Crippen LogP contribution in [0.3, 0.4) is 0 Å². The summed E-state index contributed by atoms with van der Waals surface area (Å²) in [6.07, 6.45) is 33.2. The predicted molar refractivity (Wildman–Crippen MR) is 244 cm³/mol. The first-order valence-electron chi connectivity index (χ1n) is 25.8. The molecule has 1 N–H and O–H groups in total. The number of benzene rings is 1. The van der Waals surface area contributed by atoms with E-state index >= 15 is 0 Å². The average molecular weight is 835 g/mol. The van der Waals surface area contributed by atoms with Crippen LogP contribution in [0.5, 0.6) is 0 Å². The van der Waals surface area contributed by atoms with Crippen molar-refractivity contribution in [2.75, 3.05) is 13.2 Å². The summed E-state index contributed by atoms with van der Waals surface area (Å²) in [4.78, 5) is 5.16. The van der Waals surface area contributed by atoms with Crippen LogP contribution >= 0.6 is 0 Å². The molecular weight excluding hydrogens is 745 g/mol. The Labute approximate surface area is 368 Å². The maximum atomic E-state index is 9.77. The molecule has 1 aliphatic heterocycles. The second-order valence-corrected chi connectivity index (χ2v) is 21.2. The fourth-order valence-electron chi connectivity index (χ4n) is 13.0. The minimum atomic E-state index is -0.00528. The zero-order chi connectivity index (χ0) is 42.9. The summed E-state index contributed by atoms with van der Waals surface area (Å²) in [5.41, 5.74) is 2.91. The molecule has 0 amide bonds. The van der Waals surface area contributed by atoms with Crippen LogP contribution in [0.2, 0.25) is 0 Å². The van der Waals surface area contributed by atoms with Gasteiger partial charge in [-0.3, -0.25) is 5.26 Å². The van der Waals surface area contributed by atoms with Crippen LogP contribution in [0, 0.1) is 72.8 Å². The van der Waals surface area contributed by atoms with Crippen molar-refractivity contribution in [1.29, 1.82) is 0 Å². The van der Waals surface area contributed by atoms with Gasteiger partial charge in [0.1, 0.15) is 0 Å². The Kier molecular flexibility index (Phi) is 22.0. The Morgan fingerprint density at radius 1 is 0.517 bits per heavy atom. The van der Waals surface area contributed by atoms with Gasteiger partial charge in [-0.2, -0.15) is 0 Å². The van der Waals surface area contributed by atoms with E-state index in [1.807, 2.05) is 13.8 Å². The van der Waals surface area contributed by atoms with Gasteiger partial charge < -0.3 is 14.2 Å². The summed E-state index contributed by atoms with van der Waals surface area (Å²) in [5.74, 6) is 8.69. The Morgan fingerprint density at radius 2 is 0.883 bits per heavy atom. The van der Waals surface area contributed by atoms with Crippen molar-refractivity contribution >= 4 is 0 Å². The summed E-state index contributed by atoms with van der Waals surface area (Å²) in [5, 5.41) is 9.77. The molecule has 0 spiro atoms. The minimum absolute atomic E-state index is 0.00528. The van der Waals surface area contributed by atoms with Crippen molar-refractivity contribution < 1.29 is 29.0 Å². The van der Waals surface area contributed by atoms with E-state index in [4.69, 9.17) is 23.8 Å². The Balaban J connectivity index is 0.000000211. The van der Waals surface area contributed by atoms with Gasteiger partial charge in [0, 0.05) is 11.8 Å². The number of hydrogen-bond acceptors (Lipinski definition) is 5. The maximum absolute atomic E-state index is 9.77. The molecule has 1 heterocycles. The van der Waals surface area contributed by atoms with Gasteiger partial charge in [-0.05, 0) is 194 Å². The van der Waals surface area contributed by atoms with Crippen LogP contribution in [0.1, 0.15) is 206 Å². The van der Waals surface area contributed by atoms with Crippen LogP contribution in [-0.4, -0.2) is 43.1 Å². The monoisotopic (exact) mass is 835 g/mol. The first-order chi connectivity index (χ1) is 29.3. The molecule has 342 valence electrons. The summed E-state index contributed by atoms with van der Waals surface area (Å²) >= 11 is 0. The number of hydrogen-bond donors (Lipinski definition) is 1. The number of aryl methyl sites for hydroxylation is 1. The fourth-order valence-corrected chi connectivity index (χ4v) is 13.0. The fraction of sp³-hybridized carbons (Fsp3) is 0.870. The molecule has 6 saturated carbocycles. The van der Waals surface area contributed by atoms with E-state index < -0.39 is 0 Å². The Bertz CT molecular complexity index is 1220. The molecule has 0 aromatic heterocycles. The zero-order valence-corrected chi connectivity index (χ0v) is 39.3. The van der Waals surface area contributed by atoms with Gasteiger partial charge in [0.05, 0.1) is 31.5 Å². The molecule has 6 aliphatic carbocycles. The SMILES string of the molecule is CC.CC1CCC(C2CCC(C(OO)C3CCC(C4OCC(C)CO4)CC3)CC2)CC1.Cc1ccc(C2CCC(OC3CCC(C4CCC(C)CC4)CC3)CC2)cc1.[C-]#[O+]. The second-order valence-electron chi connectivity index (χ2n) is 21.2. The normalized spacial score (nSPS) is 39.2. The van der Waals surface area contributed by atoms with Crippen LogP contribution in [0.4, 0.5) is 0 Å². The molecule has 0 bridgehead atoms. The molecule has 8 rings (SSSR count). The van der Waals surface area contributed by atoms with Gasteiger partial charge in [0.25, 0.3) is 0 Å². The predicted octanol–water partition coefficient (Wildman–Crippen LogP) is 14.7. The van der Waals surface area contributed by atoms with Crippen molar-refractivity contribution in [2.24, 2.45) is 59.2 Å². The molecule has 1 saturated heterocycles. The summed E-state index contributed by atoms with van der Waals surface area (Å²) < 4.78 is 26.0. The van der Waals surface area contributed by atoms with Gasteiger partial charge in [-0.15, -0.1) is 0 Å². The van der Waals surface area contributed by atoms with Crippen molar-refractivity contribution in [1.82, 2.24) is 0 Å². The number of rotatable bonds is 9. The molecule has 0 radical (unpaired) electrons. The van der Waals surface area contributed by atoms with Gasteiger partial charge >= 0.3 is 11.3 Å². The molecule has 6 nitrogen and oxygen atoms in total. The van der Waals surface area contributed by atoms with Gasteiger partial charge in [-0.25, -0.2) is 4.89 Å². The molecule has 60 heavy (non-hydrogen) atoms. The molecule has 1 atom stereocenters. The van der Waals surface area contributed by atoms with E-state index in [0.29, 0.717) is 35.9 Å². The average Bonchev–Trinajstić information content (AvgIpc) is 3.30. The van der Waals surface area contributed by atoms with Crippen molar-refractivity contribution in [3.8, 4) is 0 Å². The van der Waals surface area contributed by atoms with Gasteiger partial charge in [0.15, 0.2) is 6.29 Å². The second kappa shape index (κ2) is 26.5. The van der Waals surface area contributed by atoms with Crippen LogP contribution in [0.25, 0.3) is 0 Å². The molecule has 1 unspecified atom stereocenters. The first-order valence-corrected chi connectivity index (χ1v) is 25.8. The van der Waals surface area contributed by atoms with E-state index in [-0.39, 0.29) is 12.4 Å². The van der Waals surface area contributed by atoms with Crippen LogP contribution < -0.4 is 0 Å². The van der Waals surface area contributed by atoms with Gasteiger partial charge in [-0.1, -0.05) is 90.1 Å². The van der Waals surface area contributed by atoms with Crippen molar-refractivity contribution in [2.45, 2.75) is 226 Å². The summed E-state index contributed by atoms with van der Waals surface area (Å²) in [7, 11) is 0. The van der Waals surface area contributed by atoms with E-state index in [2.05, 4.69) is 58.6 Å². The third kappa shape index (κ3) is 14.9. The molecule has 1 aromatic carbocycles.